The lowest BCUT2D eigenvalue weighted by atomic mass is 10.3. The van der Waals surface area contributed by atoms with Crippen LogP contribution in [-0.4, -0.2) is 45.3 Å². The van der Waals surface area contributed by atoms with Crippen LogP contribution < -0.4 is 0 Å². The highest BCUT2D eigenvalue weighted by molar-refractivity contribution is 5.60. The van der Waals surface area contributed by atoms with E-state index in [0.717, 1.165) is 6.42 Å². The Balaban J connectivity index is 3.51. The van der Waals surface area contributed by atoms with Gasteiger partial charge in [-0.15, -0.1) is 0 Å². The van der Waals surface area contributed by atoms with Crippen LogP contribution in [0.2, 0.25) is 0 Å². The number of hydrogen-bond acceptors (Lipinski definition) is 5. The van der Waals surface area contributed by atoms with Crippen molar-refractivity contribution in [3.63, 3.8) is 0 Å². The van der Waals surface area contributed by atoms with Crippen LogP contribution >= 0.6 is 0 Å². The van der Waals surface area contributed by atoms with E-state index in [1.807, 2.05) is 20.8 Å². The number of rotatable bonds is 8. The Kier molecular flexibility index (Phi) is 8.94. The molecule has 5 heteroatoms. The molecule has 0 aliphatic heterocycles. The fourth-order valence-electron chi connectivity index (χ4n) is 0.848. The van der Waals surface area contributed by atoms with Crippen molar-refractivity contribution in [1.82, 2.24) is 0 Å². The molecule has 0 fully saturated rings. The first-order valence-electron chi connectivity index (χ1n) is 5.54. The molecule has 0 aliphatic carbocycles. The molecule has 0 rings (SSSR count). The molecule has 5 nitrogen and oxygen atoms in total. The first kappa shape index (κ1) is 15.2. The largest absolute Gasteiger partial charge is 0.508 e. The molecule has 0 bridgehead atoms. The Bertz CT molecular complexity index is 183. The molecule has 0 aromatic carbocycles. The van der Waals surface area contributed by atoms with Crippen LogP contribution in [0.3, 0.4) is 0 Å². The second-order valence-corrected chi connectivity index (χ2v) is 3.57. The van der Waals surface area contributed by atoms with Crippen molar-refractivity contribution in [2.75, 3.05) is 26.9 Å². The summed E-state index contributed by atoms with van der Waals surface area (Å²) in [6.45, 7) is 6.79. The molecule has 0 spiro atoms. The summed E-state index contributed by atoms with van der Waals surface area (Å²) in [5.74, 6) is 0. The van der Waals surface area contributed by atoms with Gasteiger partial charge in [0.15, 0.2) is 0 Å². The monoisotopic (exact) mass is 234 g/mol. The van der Waals surface area contributed by atoms with Gasteiger partial charge in [-0.2, -0.15) is 0 Å². The molecule has 16 heavy (non-hydrogen) atoms. The van der Waals surface area contributed by atoms with Gasteiger partial charge in [0.2, 0.25) is 0 Å². The smallest absolute Gasteiger partial charge is 0.432 e. The maximum absolute atomic E-state index is 11.1. The standard InChI is InChI=1S/C11H22O5/c1-5-9(2)16-11(12)15-8-10(3)14-7-6-13-4/h9-10H,5-8H2,1-4H3. The molecule has 2 unspecified atom stereocenters. The fourth-order valence-corrected chi connectivity index (χ4v) is 0.848. The Morgan fingerprint density at radius 1 is 1.19 bits per heavy atom. The molecular formula is C11H22O5. The minimum Gasteiger partial charge on any atom is -0.432 e. The third kappa shape index (κ3) is 8.49. The van der Waals surface area contributed by atoms with Gasteiger partial charge in [0.25, 0.3) is 0 Å². The van der Waals surface area contributed by atoms with E-state index in [-0.39, 0.29) is 18.8 Å². The summed E-state index contributed by atoms with van der Waals surface area (Å²) in [5, 5.41) is 0. The summed E-state index contributed by atoms with van der Waals surface area (Å²) in [7, 11) is 1.61. The lowest BCUT2D eigenvalue weighted by molar-refractivity contribution is -0.0297. The Hall–Kier alpha value is -0.810. The Morgan fingerprint density at radius 3 is 2.44 bits per heavy atom. The van der Waals surface area contributed by atoms with Gasteiger partial charge in [-0.25, -0.2) is 4.79 Å². The zero-order chi connectivity index (χ0) is 12.4. The minimum absolute atomic E-state index is 0.114. The van der Waals surface area contributed by atoms with Crippen LogP contribution in [0.4, 0.5) is 4.79 Å². The molecule has 0 saturated carbocycles. The maximum atomic E-state index is 11.1. The fraction of sp³-hybridized carbons (Fsp3) is 0.909. The van der Waals surface area contributed by atoms with Crippen molar-refractivity contribution in [3.8, 4) is 0 Å². The van der Waals surface area contributed by atoms with Crippen molar-refractivity contribution in [1.29, 1.82) is 0 Å². The predicted molar refractivity (Wildman–Crippen MR) is 59.5 cm³/mol. The number of ether oxygens (including phenoxy) is 4. The average molecular weight is 234 g/mol. The Labute approximate surface area is 97.0 Å². The van der Waals surface area contributed by atoms with Crippen molar-refractivity contribution in [2.24, 2.45) is 0 Å². The van der Waals surface area contributed by atoms with Gasteiger partial charge >= 0.3 is 6.16 Å². The SMILES string of the molecule is CCC(C)OC(=O)OCC(C)OCCOC. The van der Waals surface area contributed by atoms with Crippen molar-refractivity contribution in [3.05, 3.63) is 0 Å². The van der Waals surface area contributed by atoms with E-state index in [4.69, 9.17) is 18.9 Å². The third-order valence-corrected chi connectivity index (χ3v) is 2.00. The molecule has 0 radical (unpaired) electrons. The van der Waals surface area contributed by atoms with Gasteiger partial charge in [-0.05, 0) is 20.3 Å². The molecule has 0 aliphatic rings. The molecular weight excluding hydrogens is 212 g/mol. The maximum Gasteiger partial charge on any atom is 0.508 e. The lowest BCUT2D eigenvalue weighted by Crippen LogP contribution is -2.23. The summed E-state index contributed by atoms with van der Waals surface area (Å²) in [6, 6.07) is 0. The highest BCUT2D eigenvalue weighted by Gasteiger charge is 2.11. The molecule has 0 saturated heterocycles. The number of hydrogen-bond donors (Lipinski definition) is 0. The normalized spacial score (nSPS) is 14.2. The number of carbonyl (C=O) groups excluding carboxylic acids is 1. The molecule has 0 heterocycles. The first-order valence-corrected chi connectivity index (χ1v) is 5.54. The van der Waals surface area contributed by atoms with Crippen LogP contribution in [0.15, 0.2) is 0 Å². The Morgan fingerprint density at radius 2 is 1.88 bits per heavy atom. The van der Waals surface area contributed by atoms with E-state index < -0.39 is 6.16 Å². The highest BCUT2D eigenvalue weighted by Crippen LogP contribution is 2.00. The molecule has 0 aromatic rings. The zero-order valence-corrected chi connectivity index (χ0v) is 10.5. The van der Waals surface area contributed by atoms with E-state index in [9.17, 15) is 4.79 Å². The highest BCUT2D eigenvalue weighted by atomic mass is 16.7. The van der Waals surface area contributed by atoms with Crippen LogP contribution in [0, 0.1) is 0 Å². The van der Waals surface area contributed by atoms with Gasteiger partial charge in [0.1, 0.15) is 12.7 Å². The van der Waals surface area contributed by atoms with Crippen LogP contribution in [0.1, 0.15) is 27.2 Å². The van der Waals surface area contributed by atoms with Crippen LogP contribution in [-0.2, 0) is 18.9 Å². The third-order valence-electron chi connectivity index (χ3n) is 2.00. The topological polar surface area (TPSA) is 54.0 Å². The van der Waals surface area contributed by atoms with E-state index >= 15 is 0 Å². The van der Waals surface area contributed by atoms with Crippen molar-refractivity contribution >= 4 is 6.16 Å². The van der Waals surface area contributed by atoms with Crippen molar-refractivity contribution < 1.29 is 23.7 Å². The quantitative estimate of drug-likeness (QED) is 0.475. The first-order chi connectivity index (χ1) is 7.60. The van der Waals surface area contributed by atoms with E-state index in [1.54, 1.807) is 7.11 Å². The summed E-state index contributed by atoms with van der Waals surface area (Å²) in [4.78, 5) is 11.1. The molecule has 0 N–H and O–H groups in total. The summed E-state index contributed by atoms with van der Waals surface area (Å²) in [5.41, 5.74) is 0. The number of carbonyl (C=O) groups is 1. The minimum atomic E-state index is -0.642. The second kappa shape index (κ2) is 9.42. The molecule has 0 amide bonds. The second-order valence-electron chi connectivity index (χ2n) is 3.57. The summed E-state index contributed by atoms with van der Waals surface area (Å²) >= 11 is 0. The van der Waals surface area contributed by atoms with E-state index in [2.05, 4.69) is 0 Å². The van der Waals surface area contributed by atoms with Gasteiger partial charge in [0, 0.05) is 7.11 Å². The van der Waals surface area contributed by atoms with Crippen LogP contribution in [0.25, 0.3) is 0 Å². The lowest BCUT2D eigenvalue weighted by Gasteiger charge is -2.14. The van der Waals surface area contributed by atoms with E-state index in [0.29, 0.717) is 13.2 Å². The van der Waals surface area contributed by atoms with E-state index in [1.165, 1.54) is 0 Å². The summed E-state index contributed by atoms with van der Waals surface area (Å²) in [6.07, 6.45) is -0.136. The summed E-state index contributed by atoms with van der Waals surface area (Å²) < 4.78 is 19.9. The molecule has 2 atom stereocenters. The van der Waals surface area contributed by atoms with Crippen LogP contribution in [0.5, 0.6) is 0 Å². The van der Waals surface area contributed by atoms with Gasteiger partial charge in [-0.3, -0.25) is 0 Å². The van der Waals surface area contributed by atoms with Gasteiger partial charge < -0.3 is 18.9 Å². The predicted octanol–water partition coefficient (Wildman–Crippen LogP) is 1.99. The zero-order valence-electron chi connectivity index (χ0n) is 10.5. The molecule has 96 valence electrons. The van der Waals surface area contributed by atoms with Gasteiger partial charge in [-0.1, -0.05) is 6.92 Å². The van der Waals surface area contributed by atoms with Crippen molar-refractivity contribution in [2.45, 2.75) is 39.4 Å². The average Bonchev–Trinajstić information content (AvgIpc) is 2.26. The number of methoxy groups -OCH3 is 1. The van der Waals surface area contributed by atoms with Gasteiger partial charge in [0.05, 0.1) is 19.3 Å². The molecule has 0 aromatic heterocycles.